The van der Waals surface area contributed by atoms with Crippen LogP contribution >= 0.6 is 0 Å². The molecule has 0 saturated heterocycles. The second-order valence-corrected chi connectivity index (χ2v) is 8.46. The minimum Gasteiger partial charge on any atom is -0.493 e. The highest BCUT2D eigenvalue weighted by molar-refractivity contribution is 7.89. The third-order valence-corrected chi connectivity index (χ3v) is 5.06. The lowest BCUT2D eigenvalue weighted by atomic mass is 10.1. The van der Waals surface area contributed by atoms with Gasteiger partial charge >= 0.3 is 0 Å². The first-order chi connectivity index (χ1) is 13.0. The fourth-order valence-corrected chi connectivity index (χ4v) is 3.74. The van der Waals surface area contributed by atoms with Crippen molar-refractivity contribution in [2.75, 3.05) is 26.6 Å². The van der Waals surface area contributed by atoms with E-state index in [1.54, 1.807) is 32.9 Å². The van der Waals surface area contributed by atoms with E-state index in [4.69, 9.17) is 18.6 Å². The van der Waals surface area contributed by atoms with Gasteiger partial charge in [0.05, 0.1) is 21.3 Å². The number of furan rings is 1. The zero-order valence-corrected chi connectivity index (χ0v) is 17.4. The number of sulfonamides is 1. The maximum atomic E-state index is 12.5. The number of benzene rings is 1. The van der Waals surface area contributed by atoms with Crippen LogP contribution in [0.3, 0.4) is 0 Å². The molecule has 2 rings (SSSR count). The Kier molecular flexibility index (Phi) is 6.25. The first kappa shape index (κ1) is 21.6. The van der Waals surface area contributed by atoms with Crippen LogP contribution in [-0.4, -0.2) is 41.2 Å². The van der Waals surface area contributed by atoms with Crippen LogP contribution in [0.25, 0.3) is 0 Å². The molecule has 0 atom stereocenters. The SMILES string of the molecule is COc1cc(NC(=O)c2ccc(S(=O)(=O)NC(C)(C)C)o2)cc(OC)c1OC. The first-order valence-electron chi connectivity index (χ1n) is 8.26. The van der Waals surface area contributed by atoms with Crippen LogP contribution in [0.15, 0.2) is 33.8 Å². The molecule has 10 heteroatoms. The Hall–Kier alpha value is -2.72. The van der Waals surface area contributed by atoms with E-state index in [1.807, 2.05) is 0 Å². The predicted molar refractivity (Wildman–Crippen MR) is 103 cm³/mol. The van der Waals surface area contributed by atoms with Crippen molar-refractivity contribution in [2.24, 2.45) is 0 Å². The van der Waals surface area contributed by atoms with Gasteiger partial charge < -0.3 is 23.9 Å². The van der Waals surface area contributed by atoms with Crippen LogP contribution < -0.4 is 24.2 Å². The first-order valence-corrected chi connectivity index (χ1v) is 9.74. The summed E-state index contributed by atoms with van der Waals surface area (Å²) in [5, 5.41) is 2.26. The maximum Gasteiger partial charge on any atom is 0.291 e. The molecule has 1 aromatic heterocycles. The standard InChI is InChI=1S/C18H24N2O7S/c1-18(2,3)20-28(22,23)15-8-7-12(27-15)17(21)19-11-9-13(24-4)16(26-6)14(10-11)25-5/h7-10,20H,1-6H3,(H,19,21). The van der Waals surface area contributed by atoms with Crippen LogP contribution in [0.4, 0.5) is 5.69 Å². The van der Waals surface area contributed by atoms with E-state index < -0.39 is 21.5 Å². The third-order valence-electron chi connectivity index (χ3n) is 3.43. The van der Waals surface area contributed by atoms with Gasteiger partial charge in [-0.3, -0.25) is 4.79 Å². The van der Waals surface area contributed by atoms with Crippen LogP contribution in [-0.2, 0) is 10.0 Å². The van der Waals surface area contributed by atoms with Gasteiger partial charge in [-0.2, -0.15) is 0 Å². The summed E-state index contributed by atoms with van der Waals surface area (Å²) in [5.74, 6) is 0.292. The topological polar surface area (TPSA) is 116 Å². The molecule has 2 N–H and O–H groups in total. The highest BCUT2D eigenvalue weighted by Crippen LogP contribution is 2.40. The number of ether oxygens (including phenoxy) is 3. The van der Waals surface area contributed by atoms with E-state index in [0.717, 1.165) is 0 Å². The lowest BCUT2D eigenvalue weighted by Gasteiger charge is -2.19. The van der Waals surface area contributed by atoms with Crippen LogP contribution in [0, 0.1) is 0 Å². The Bertz CT molecular complexity index is 934. The van der Waals surface area contributed by atoms with E-state index in [0.29, 0.717) is 22.9 Å². The lowest BCUT2D eigenvalue weighted by Crippen LogP contribution is -2.40. The Morgan fingerprint density at radius 1 is 1.00 bits per heavy atom. The average molecular weight is 412 g/mol. The second kappa shape index (κ2) is 8.11. The molecule has 154 valence electrons. The van der Waals surface area contributed by atoms with Crippen molar-refractivity contribution < 1.29 is 31.8 Å². The number of rotatable bonds is 7. The smallest absolute Gasteiger partial charge is 0.291 e. The predicted octanol–water partition coefficient (Wildman–Crippen LogP) is 2.63. The molecule has 0 aliphatic heterocycles. The second-order valence-electron chi connectivity index (χ2n) is 6.84. The number of hydrogen-bond donors (Lipinski definition) is 2. The Morgan fingerprint density at radius 3 is 2.04 bits per heavy atom. The molecule has 2 aromatic rings. The number of anilines is 1. The van der Waals surface area contributed by atoms with Gasteiger partial charge in [-0.1, -0.05) is 0 Å². The molecule has 0 aliphatic rings. The monoisotopic (exact) mass is 412 g/mol. The number of carbonyl (C=O) groups excluding carboxylic acids is 1. The fourth-order valence-electron chi connectivity index (χ4n) is 2.39. The molecule has 0 bridgehead atoms. The van der Waals surface area contributed by atoms with Crippen molar-refractivity contribution in [2.45, 2.75) is 31.4 Å². The van der Waals surface area contributed by atoms with Crippen molar-refractivity contribution in [3.05, 3.63) is 30.0 Å². The minimum atomic E-state index is -3.89. The van der Waals surface area contributed by atoms with Crippen molar-refractivity contribution in [3.63, 3.8) is 0 Å². The van der Waals surface area contributed by atoms with Crippen molar-refractivity contribution in [1.82, 2.24) is 4.72 Å². The molecule has 1 amide bonds. The molecule has 0 unspecified atom stereocenters. The molecule has 0 aliphatic carbocycles. The van der Waals surface area contributed by atoms with Crippen molar-refractivity contribution in [1.29, 1.82) is 0 Å². The lowest BCUT2D eigenvalue weighted by molar-refractivity contribution is 0.0991. The highest BCUT2D eigenvalue weighted by atomic mass is 32.2. The Balaban J connectivity index is 2.26. The summed E-state index contributed by atoms with van der Waals surface area (Å²) in [6.45, 7) is 5.10. The molecule has 0 saturated carbocycles. The Labute approximate surface area is 164 Å². The maximum absolute atomic E-state index is 12.5. The summed E-state index contributed by atoms with van der Waals surface area (Å²) >= 11 is 0. The molecule has 1 heterocycles. The van der Waals surface area contributed by atoms with Crippen LogP contribution in [0.5, 0.6) is 17.2 Å². The van der Waals surface area contributed by atoms with Gasteiger partial charge in [0.25, 0.3) is 15.9 Å². The molecule has 0 spiro atoms. The molecule has 9 nitrogen and oxygen atoms in total. The highest BCUT2D eigenvalue weighted by Gasteiger charge is 2.26. The molecular weight excluding hydrogens is 388 g/mol. The van der Waals surface area contributed by atoms with Gasteiger partial charge in [-0.25, -0.2) is 13.1 Å². The van der Waals surface area contributed by atoms with Crippen LogP contribution in [0.1, 0.15) is 31.3 Å². The van der Waals surface area contributed by atoms with E-state index >= 15 is 0 Å². The molecule has 0 radical (unpaired) electrons. The zero-order chi connectivity index (χ0) is 21.1. The van der Waals surface area contributed by atoms with E-state index in [9.17, 15) is 13.2 Å². The largest absolute Gasteiger partial charge is 0.493 e. The summed E-state index contributed by atoms with van der Waals surface area (Å²) in [7, 11) is 0.487. The average Bonchev–Trinajstić information content (AvgIpc) is 3.10. The van der Waals surface area contributed by atoms with Gasteiger partial charge in [-0.05, 0) is 32.9 Å². The van der Waals surface area contributed by atoms with E-state index in [-0.39, 0.29) is 10.9 Å². The minimum absolute atomic E-state index is 0.164. The Morgan fingerprint density at radius 2 is 1.57 bits per heavy atom. The number of methoxy groups -OCH3 is 3. The van der Waals surface area contributed by atoms with Crippen LogP contribution in [0.2, 0.25) is 0 Å². The van der Waals surface area contributed by atoms with Gasteiger partial charge in [0, 0.05) is 23.4 Å². The third kappa shape index (κ3) is 4.96. The zero-order valence-electron chi connectivity index (χ0n) is 16.6. The van der Waals surface area contributed by atoms with E-state index in [2.05, 4.69) is 10.0 Å². The van der Waals surface area contributed by atoms with Gasteiger partial charge in [0.2, 0.25) is 10.8 Å². The van der Waals surface area contributed by atoms with Crippen molar-refractivity contribution >= 4 is 21.6 Å². The summed E-state index contributed by atoms with van der Waals surface area (Å²) in [6, 6.07) is 5.59. The summed E-state index contributed by atoms with van der Waals surface area (Å²) < 4.78 is 48.0. The van der Waals surface area contributed by atoms with Gasteiger partial charge in [0.1, 0.15) is 0 Å². The number of amides is 1. The molecule has 0 fully saturated rings. The molecule has 28 heavy (non-hydrogen) atoms. The molecular formula is C18H24N2O7S. The molecule has 1 aromatic carbocycles. The normalized spacial score (nSPS) is 11.8. The summed E-state index contributed by atoms with van der Waals surface area (Å²) in [5.41, 5.74) is -0.335. The number of nitrogens with one attached hydrogen (secondary N) is 2. The summed E-state index contributed by atoms with van der Waals surface area (Å²) in [6.07, 6.45) is 0. The number of hydrogen-bond acceptors (Lipinski definition) is 7. The van der Waals surface area contributed by atoms with Gasteiger partial charge in [-0.15, -0.1) is 0 Å². The van der Waals surface area contributed by atoms with Crippen molar-refractivity contribution in [3.8, 4) is 17.2 Å². The van der Waals surface area contributed by atoms with E-state index in [1.165, 1.54) is 33.5 Å². The number of carbonyl (C=O) groups is 1. The van der Waals surface area contributed by atoms with Gasteiger partial charge in [0.15, 0.2) is 17.3 Å². The fraction of sp³-hybridized carbons (Fsp3) is 0.389. The summed E-state index contributed by atoms with van der Waals surface area (Å²) in [4.78, 5) is 12.5. The quantitative estimate of drug-likeness (QED) is 0.718.